The van der Waals surface area contributed by atoms with Crippen molar-refractivity contribution in [3.63, 3.8) is 0 Å². The zero-order chi connectivity index (χ0) is 24.6. The van der Waals surface area contributed by atoms with Gasteiger partial charge in [-0.1, -0.05) is 39.5 Å². The van der Waals surface area contributed by atoms with Crippen LogP contribution >= 0.6 is 0 Å². The Morgan fingerprint density at radius 1 is 0.771 bits per heavy atom. The van der Waals surface area contributed by atoms with E-state index in [4.69, 9.17) is 0 Å². The highest BCUT2D eigenvalue weighted by atomic mass is 16.2. The van der Waals surface area contributed by atoms with E-state index in [1.807, 2.05) is 9.80 Å². The van der Waals surface area contributed by atoms with Crippen LogP contribution in [0.2, 0.25) is 0 Å². The van der Waals surface area contributed by atoms with E-state index in [2.05, 4.69) is 13.8 Å². The average molecular weight is 485 g/mol. The van der Waals surface area contributed by atoms with Crippen LogP contribution in [0.5, 0.6) is 0 Å². The van der Waals surface area contributed by atoms with E-state index >= 15 is 0 Å². The highest BCUT2D eigenvalue weighted by molar-refractivity contribution is 5.86. The summed E-state index contributed by atoms with van der Waals surface area (Å²) < 4.78 is 0. The van der Waals surface area contributed by atoms with Crippen molar-refractivity contribution in [2.24, 2.45) is 34.5 Å². The molecule has 2 unspecified atom stereocenters. The van der Waals surface area contributed by atoms with Gasteiger partial charge >= 0.3 is 0 Å². The topological polar surface area (TPSA) is 57.7 Å². The zero-order valence-electron chi connectivity index (χ0n) is 22.4. The largest absolute Gasteiger partial charge is 0.339 e. The normalized spacial score (nSPS) is 34.1. The lowest BCUT2D eigenvalue weighted by atomic mass is 9.61. The third-order valence-electron chi connectivity index (χ3n) is 11.1. The molecule has 0 aromatic carbocycles. The number of hydrogen-bond donors (Lipinski definition) is 0. The molecule has 0 aromatic heterocycles. The molecule has 2 atom stereocenters. The Balaban J connectivity index is 1.05. The first-order valence-electron chi connectivity index (χ1n) is 14.9. The van der Waals surface area contributed by atoms with Crippen molar-refractivity contribution in [3.8, 4) is 0 Å². The molecule has 5 heteroatoms. The molecule has 0 aromatic rings. The van der Waals surface area contributed by atoms with Gasteiger partial charge in [0.15, 0.2) is 0 Å². The molecular weight excluding hydrogens is 436 g/mol. The number of piperazine rings is 1. The molecule has 1 heterocycles. The van der Waals surface area contributed by atoms with Crippen LogP contribution in [-0.4, -0.2) is 53.6 Å². The van der Waals surface area contributed by atoms with Crippen molar-refractivity contribution in [2.45, 2.75) is 110 Å². The summed E-state index contributed by atoms with van der Waals surface area (Å²) in [5.74, 6) is 3.49. The predicted molar refractivity (Wildman–Crippen MR) is 138 cm³/mol. The first-order valence-corrected chi connectivity index (χ1v) is 14.9. The summed E-state index contributed by atoms with van der Waals surface area (Å²) >= 11 is 0. The summed E-state index contributed by atoms with van der Waals surface area (Å²) in [5.41, 5.74) is -0.0649. The van der Waals surface area contributed by atoms with Crippen LogP contribution in [-0.2, 0) is 14.4 Å². The summed E-state index contributed by atoms with van der Waals surface area (Å²) in [6.45, 7) is 7.10. The molecule has 2 amide bonds. The minimum absolute atomic E-state index is 0.0417. The van der Waals surface area contributed by atoms with Gasteiger partial charge in [-0.2, -0.15) is 0 Å². The summed E-state index contributed by atoms with van der Waals surface area (Å²) in [7, 11) is 0. The SMILES string of the molecule is CCC1(C(=O)CC2CCCC(C3CCC(C(=O)N4CCN(C(=O)C5(C)CC5)CC4)CC3)C2)CCC1. The van der Waals surface area contributed by atoms with E-state index in [9.17, 15) is 14.4 Å². The number of rotatable bonds is 7. The Morgan fingerprint density at radius 2 is 1.43 bits per heavy atom. The van der Waals surface area contributed by atoms with Crippen LogP contribution in [0.1, 0.15) is 110 Å². The fraction of sp³-hybridized carbons (Fsp3) is 0.900. The van der Waals surface area contributed by atoms with Gasteiger partial charge in [-0.05, 0) is 82.0 Å². The minimum Gasteiger partial charge on any atom is -0.339 e. The van der Waals surface area contributed by atoms with E-state index < -0.39 is 0 Å². The van der Waals surface area contributed by atoms with Crippen LogP contribution in [0.3, 0.4) is 0 Å². The number of Topliss-reactive ketones (excluding diaryl/α,β-unsaturated/α-hetero) is 1. The first kappa shape index (κ1) is 25.3. The number of nitrogens with zero attached hydrogens (tertiary/aromatic N) is 2. The fourth-order valence-corrected chi connectivity index (χ4v) is 7.87. The van der Waals surface area contributed by atoms with Crippen molar-refractivity contribution < 1.29 is 14.4 Å². The van der Waals surface area contributed by atoms with Gasteiger partial charge in [0.05, 0.1) is 0 Å². The second kappa shape index (κ2) is 10.2. The Hall–Kier alpha value is -1.39. The molecule has 4 aliphatic carbocycles. The maximum Gasteiger partial charge on any atom is 0.228 e. The standard InChI is InChI=1S/C30H48N2O3/c1-3-30(12-5-13-30)26(33)21-22-6-4-7-25(20-22)23-8-10-24(11-9-23)27(34)31-16-18-32(19-17-31)28(35)29(2)14-15-29/h22-25H,3-21H2,1-2H3. The lowest BCUT2D eigenvalue weighted by Gasteiger charge is -2.42. The van der Waals surface area contributed by atoms with Crippen molar-refractivity contribution in [2.75, 3.05) is 26.2 Å². The molecule has 196 valence electrons. The maximum absolute atomic E-state index is 13.2. The van der Waals surface area contributed by atoms with Crippen molar-refractivity contribution in [3.05, 3.63) is 0 Å². The fourth-order valence-electron chi connectivity index (χ4n) is 7.87. The first-order chi connectivity index (χ1) is 16.8. The lowest BCUT2D eigenvalue weighted by molar-refractivity contribution is -0.145. The van der Waals surface area contributed by atoms with Crippen molar-refractivity contribution >= 4 is 17.6 Å². The average Bonchev–Trinajstić information content (AvgIpc) is 3.61. The van der Waals surface area contributed by atoms with Gasteiger partial charge < -0.3 is 9.80 Å². The lowest BCUT2D eigenvalue weighted by Crippen LogP contribution is -2.53. The minimum atomic E-state index is -0.107. The van der Waals surface area contributed by atoms with Crippen molar-refractivity contribution in [1.29, 1.82) is 0 Å². The van der Waals surface area contributed by atoms with Crippen molar-refractivity contribution in [1.82, 2.24) is 9.80 Å². The van der Waals surface area contributed by atoms with E-state index in [1.165, 1.54) is 44.9 Å². The van der Waals surface area contributed by atoms with Crippen LogP contribution in [0.4, 0.5) is 0 Å². The van der Waals surface area contributed by atoms with Crippen LogP contribution in [0, 0.1) is 34.5 Å². The highest BCUT2D eigenvalue weighted by Gasteiger charge is 2.48. The van der Waals surface area contributed by atoms with Gasteiger partial charge in [0.2, 0.25) is 11.8 Å². The molecule has 5 rings (SSSR count). The second-order valence-corrected chi connectivity index (χ2v) is 13.2. The number of amides is 2. The molecule has 35 heavy (non-hydrogen) atoms. The van der Waals surface area contributed by atoms with E-state index in [0.717, 1.165) is 63.2 Å². The Bertz CT molecular complexity index is 793. The molecule has 0 bridgehead atoms. The summed E-state index contributed by atoms with van der Waals surface area (Å²) in [6.07, 6.45) is 16.9. The molecule has 4 saturated carbocycles. The number of ketones is 1. The van der Waals surface area contributed by atoms with Crippen LogP contribution < -0.4 is 0 Å². The van der Waals surface area contributed by atoms with E-state index in [1.54, 1.807) is 0 Å². The molecule has 0 spiro atoms. The van der Waals surface area contributed by atoms with Crippen LogP contribution in [0.25, 0.3) is 0 Å². The van der Waals surface area contributed by atoms with Gasteiger partial charge in [0.25, 0.3) is 0 Å². The quantitative estimate of drug-likeness (QED) is 0.472. The molecule has 1 aliphatic heterocycles. The number of carbonyl (C=O) groups excluding carboxylic acids is 3. The summed E-state index contributed by atoms with van der Waals surface area (Å²) in [5, 5.41) is 0. The third kappa shape index (κ3) is 5.21. The second-order valence-electron chi connectivity index (χ2n) is 13.2. The molecular formula is C30H48N2O3. The van der Waals surface area contributed by atoms with Gasteiger partial charge in [-0.25, -0.2) is 0 Å². The Labute approximate surface area is 212 Å². The molecule has 5 nitrogen and oxygen atoms in total. The Kier molecular flexibility index (Phi) is 7.34. The smallest absolute Gasteiger partial charge is 0.228 e. The predicted octanol–water partition coefficient (Wildman–Crippen LogP) is 5.61. The van der Waals surface area contributed by atoms with Gasteiger partial charge in [-0.15, -0.1) is 0 Å². The van der Waals surface area contributed by atoms with E-state index in [-0.39, 0.29) is 16.7 Å². The van der Waals surface area contributed by atoms with Gasteiger partial charge in [0, 0.05) is 49.3 Å². The maximum atomic E-state index is 13.2. The molecule has 5 fully saturated rings. The van der Waals surface area contributed by atoms with Gasteiger partial charge in [0.1, 0.15) is 5.78 Å². The monoisotopic (exact) mass is 484 g/mol. The summed E-state index contributed by atoms with van der Waals surface area (Å²) in [4.78, 5) is 42.9. The molecule has 5 aliphatic rings. The van der Waals surface area contributed by atoms with Crippen LogP contribution in [0.15, 0.2) is 0 Å². The Morgan fingerprint density at radius 3 is 2.00 bits per heavy atom. The third-order valence-corrected chi connectivity index (χ3v) is 11.1. The molecule has 0 radical (unpaired) electrons. The van der Waals surface area contributed by atoms with Gasteiger partial charge in [-0.3, -0.25) is 14.4 Å². The number of carbonyl (C=O) groups is 3. The zero-order valence-corrected chi connectivity index (χ0v) is 22.4. The molecule has 0 N–H and O–H groups in total. The highest BCUT2D eigenvalue weighted by Crippen LogP contribution is 2.49. The molecule has 1 saturated heterocycles. The van der Waals surface area contributed by atoms with E-state index in [0.29, 0.717) is 49.7 Å². The number of hydrogen-bond acceptors (Lipinski definition) is 3. The summed E-state index contributed by atoms with van der Waals surface area (Å²) in [6, 6.07) is 0.